The van der Waals surface area contributed by atoms with E-state index in [4.69, 9.17) is 4.74 Å². The Kier molecular flexibility index (Phi) is 4.29. The van der Waals surface area contributed by atoms with Crippen molar-refractivity contribution in [2.24, 2.45) is 0 Å². The molecule has 0 N–H and O–H groups in total. The second-order valence-electron chi connectivity index (χ2n) is 6.33. The van der Waals surface area contributed by atoms with Gasteiger partial charge in [0.2, 0.25) is 0 Å². The van der Waals surface area contributed by atoms with E-state index in [0.717, 1.165) is 24.9 Å². The van der Waals surface area contributed by atoms with Gasteiger partial charge in [-0.15, -0.1) is 0 Å². The van der Waals surface area contributed by atoms with Gasteiger partial charge >= 0.3 is 5.97 Å². The first-order chi connectivity index (χ1) is 10.2. The molecule has 0 aliphatic carbocycles. The average molecular weight is 287 g/mol. The van der Waals surface area contributed by atoms with E-state index in [1.165, 1.54) is 25.8 Å². The molecule has 2 saturated heterocycles. The third kappa shape index (κ3) is 2.98. The fraction of sp³-hybridized carbons (Fsp3) is 0.611. The van der Waals surface area contributed by atoms with Crippen LogP contribution in [0.2, 0.25) is 0 Å². The molecule has 114 valence electrons. The number of rotatable bonds is 3. The van der Waals surface area contributed by atoms with Crippen LogP contribution in [0.25, 0.3) is 0 Å². The number of ether oxygens (including phenoxy) is 1. The monoisotopic (exact) mass is 287 g/mol. The molecule has 2 heterocycles. The van der Waals surface area contributed by atoms with Gasteiger partial charge in [0.15, 0.2) is 0 Å². The molecular weight excluding hydrogens is 262 g/mol. The van der Waals surface area contributed by atoms with E-state index >= 15 is 0 Å². The van der Waals surface area contributed by atoms with E-state index < -0.39 is 5.60 Å². The maximum atomic E-state index is 12.0. The lowest BCUT2D eigenvalue weighted by Crippen LogP contribution is -2.52. The second-order valence-corrected chi connectivity index (χ2v) is 6.33. The number of carbonyl (C=O) groups is 1. The van der Waals surface area contributed by atoms with Gasteiger partial charge in [-0.1, -0.05) is 43.7 Å². The van der Waals surface area contributed by atoms with Crippen LogP contribution in [0.5, 0.6) is 0 Å². The molecule has 21 heavy (non-hydrogen) atoms. The molecule has 3 heteroatoms. The van der Waals surface area contributed by atoms with Crippen molar-refractivity contribution in [3.63, 3.8) is 0 Å². The van der Waals surface area contributed by atoms with Gasteiger partial charge in [0.1, 0.15) is 5.60 Å². The van der Waals surface area contributed by atoms with E-state index in [1.807, 2.05) is 25.1 Å². The number of benzene rings is 1. The second kappa shape index (κ2) is 6.18. The first-order valence-electron chi connectivity index (χ1n) is 8.25. The summed E-state index contributed by atoms with van der Waals surface area (Å²) >= 11 is 0. The molecule has 2 aliphatic rings. The summed E-state index contributed by atoms with van der Waals surface area (Å²) in [7, 11) is 0. The Morgan fingerprint density at radius 2 is 2.10 bits per heavy atom. The molecule has 2 aliphatic heterocycles. The number of fused-ring (bicyclic) bond motifs is 1. The summed E-state index contributed by atoms with van der Waals surface area (Å²) in [5.74, 6) is -0.0805. The van der Waals surface area contributed by atoms with Crippen molar-refractivity contribution in [2.75, 3.05) is 13.1 Å². The maximum absolute atomic E-state index is 12.0. The van der Waals surface area contributed by atoms with Crippen molar-refractivity contribution >= 4 is 5.97 Å². The van der Waals surface area contributed by atoms with Gasteiger partial charge in [0.25, 0.3) is 0 Å². The highest BCUT2D eigenvalue weighted by molar-refractivity contribution is 5.69. The molecule has 2 atom stereocenters. The maximum Gasteiger partial charge on any atom is 0.306 e. The first-order valence-corrected chi connectivity index (χ1v) is 8.25. The Bertz CT molecular complexity index is 487. The minimum Gasteiger partial charge on any atom is -0.454 e. The van der Waals surface area contributed by atoms with E-state index in [-0.39, 0.29) is 5.97 Å². The topological polar surface area (TPSA) is 29.5 Å². The highest BCUT2D eigenvalue weighted by Gasteiger charge is 2.44. The predicted molar refractivity (Wildman–Crippen MR) is 82.9 cm³/mol. The number of hydrogen-bond donors (Lipinski definition) is 0. The summed E-state index contributed by atoms with van der Waals surface area (Å²) < 4.78 is 6.00. The minimum atomic E-state index is -0.410. The molecule has 2 unspecified atom stereocenters. The SMILES string of the molecule is CCC(=O)OC1(c2ccccc2)CCN2CCCCC2C1. The number of carbonyl (C=O) groups excluding carboxylic acids is 1. The van der Waals surface area contributed by atoms with Crippen molar-refractivity contribution in [1.82, 2.24) is 4.90 Å². The third-order valence-corrected chi connectivity index (χ3v) is 5.02. The molecule has 2 fully saturated rings. The number of hydrogen-bond acceptors (Lipinski definition) is 3. The van der Waals surface area contributed by atoms with Crippen LogP contribution in [0, 0.1) is 0 Å². The van der Waals surface area contributed by atoms with Crippen molar-refractivity contribution in [2.45, 2.75) is 57.1 Å². The first kappa shape index (κ1) is 14.6. The summed E-state index contributed by atoms with van der Waals surface area (Å²) in [6, 6.07) is 10.9. The van der Waals surface area contributed by atoms with Gasteiger partial charge in [-0.2, -0.15) is 0 Å². The molecule has 0 aromatic heterocycles. The third-order valence-electron chi connectivity index (χ3n) is 5.02. The fourth-order valence-corrected chi connectivity index (χ4v) is 3.84. The van der Waals surface area contributed by atoms with Crippen LogP contribution in [-0.2, 0) is 15.1 Å². The van der Waals surface area contributed by atoms with Gasteiger partial charge in [-0.25, -0.2) is 0 Å². The van der Waals surface area contributed by atoms with Crippen molar-refractivity contribution in [1.29, 1.82) is 0 Å². The van der Waals surface area contributed by atoms with Crippen molar-refractivity contribution in [3.05, 3.63) is 35.9 Å². The van der Waals surface area contributed by atoms with Crippen LogP contribution in [0.4, 0.5) is 0 Å². The Morgan fingerprint density at radius 3 is 2.86 bits per heavy atom. The zero-order chi connectivity index (χ0) is 14.7. The summed E-state index contributed by atoms with van der Waals surface area (Å²) in [5.41, 5.74) is 0.754. The quantitative estimate of drug-likeness (QED) is 0.797. The molecule has 3 rings (SSSR count). The van der Waals surface area contributed by atoms with E-state index in [2.05, 4.69) is 17.0 Å². The Morgan fingerprint density at radius 1 is 1.29 bits per heavy atom. The summed E-state index contributed by atoms with van der Waals surface area (Å²) in [6.45, 7) is 4.12. The lowest BCUT2D eigenvalue weighted by atomic mass is 9.78. The van der Waals surface area contributed by atoms with E-state index in [0.29, 0.717) is 12.5 Å². The number of nitrogens with zero attached hydrogens (tertiary/aromatic N) is 1. The highest BCUT2D eigenvalue weighted by atomic mass is 16.6. The van der Waals surface area contributed by atoms with Crippen LogP contribution >= 0.6 is 0 Å². The Labute approximate surface area is 127 Å². The number of piperidine rings is 2. The molecule has 0 amide bonds. The van der Waals surface area contributed by atoms with Crippen LogP contribution in [0.15, 0.2) is 30.3 Å². The average Bonchev–Trinajstić information content (AvgIpc) is 2.55. The van der Waals surface area contributed by atoms with E-state index in [1.54, 1.807) is 0 Å². The number of esters is 1. The van der Waals surface area contributed by atoms with Gasteiger partial charge in [0, 0.05) is 31.8 Å². The van der Waals surface area contributed by atoms with Gasteiger partial charge in [0.05, 0.1) is 0 Å². The summed E-state index contributed by atoms with van der Waals surface area (Å²) in [4.78, 5) is 14.6. The van der Waals surface area contributed by atoms with Crippen LogP contribution in [0.1, 0.15) is 51.0 Å². The van der Waals surface area contributed by atoms with Crippen LogP contribution in [0.3, 0.4) is 0 Å². The summed E-state index contributed by atoms with van der Waals surface area (Å²) in [5, 5.41) is 0. The van der Waals surface area contributed by atoms with Gasteiger partial charge in [-0.05, 0) is 24.9 Å². The van der Waals surface area contributed by atoms with Gasteiger partial charge in [-0.3, -0.25) is 4.79 Å². The Balaban J connectivity index is 1.88. The van der Waals surface area contributed by atoms with Crippen LogP contribution in [-0.4, -0.2) is 30.0 Å². The van der Waals surface area contributed by atoms with Crippen molar-refractivity contribution in [3.8, 4) is 0 Å². The molecule has 1 aromatic rings. The minimum absolute atomic E-state index is 0.0805. The molecule has 0 bridgehead atoms. The predicted octanol–water partition coefficient (Wildman–Crippen LogP) is 3.48. The van der Waals surface area contributed by atoms with Crippen LogP contribution < -0.4 is 0 Å². The molecule has 0 radical (unpaired) electrons. The van der Waals surface area contributed by atoms with E-state index in [9.17, 15) is 4.79 Å². The molecule has 3 nitrogen and oxygen atoms in total. The highest BCUT2D eigenvalue weighted by Crippen LogP contribution is 2.42. The largest absolute Gasteiger partial charge is 0.454 e. The summed E-state index contributed by atoms with van der Waals surface area (Å²) in [6.07, 6.45) is 6.15. The lowest BCUT2D eigenvalue weighted by molar-refractivity contribution is -0.170. The Hall–Kier alpha value is -1.35. The fourth-order valence-electron chi connectivity index (χ4n) is 3.84. The lowest BCUT2D eigenvalue weighted by Gasteiger charge is -2.48. The normalized spacial score (nSPS) is 29.7. The molecule has 1 aromatic carbocycles. The molecule has 0 saturated carbocycles. The molecular formula is C18H25NO2. The standard InChI is InChI=1S/C18H25NO2/c1-2-17(20)21-18(15-8-4-3-5-9-15)11-13-19-12-7-6-10-16(19)14-18/h3-5,8-9,16H,2,6-7,10-14H2,1H3. The smallest absolute Gasteiger partial charge is 0.306 e. The zero-order valence-corrected chi connectivity index (χ0v) is 12.9. The van der Waals surface area contributed by atoms with Gasteiger partial charge < -0.3 is 9.64 Å². The van der Waals surface area contributed by atoms with Crippen molar-refractivity contribution < 1.29 is 9.53 Å². The zero-order valence-electron chi connectivity index (χ0n) is 12.9. The molecule has 0 spiro atoms.